The standard InChI is InChI=1S/C14H11FN4O/c15-12-6-9(7-16)3-4-10(12)8-19-14-11(13(17)20)2-1-5-18-14/h1-6H,8H2,(H2,17,20)(H,18,19). The van der Waals surface area contributed by atoms with Crippen LogP contribution in [0.3, 0.4) is 0 Å². The van der Waals surface area contributed by atoms with E-state index < -0.39 is 11.7 Å². The summed E-state index contributed by atoms with van der Waals surface area (Å²) in [6.45, 7) is 0.134. The topological polar surface area (TPSA) is 91.8 Å². The second kappa shape index (κ2) is 5.80. The average molecular weight is 270 g/mol. The van der Waals surface area contributed by atoms with Crippen molar-refractivity contribution in [1.82, 2.24) is 4.98 Å². The molecule has 0 saturated heterocycles. The third kappa shape index (κ3) is 2.90. The fourth-order valence-corrected chi connectivity index (χ4v) is 1.68. The fraction of sp³-hybridized carbons (Fsp3) is 0.0714. The van der Waals surface area contributed by atoms with Gasteiger partial charge in [-0.05, 0) is 24.3 Å². The molecule has 1 aromatic heterocycles. The Labute approximate surface area is 114 Å². The first-order valence-corrected chi connectivity index (χ1v) is 5.79. The van der Waals surface area contributed by atoms with Gasteiger partial charge in [0.05, 0.1) is 17.2 Å². The second-order valence-corrected chi connectivity index (χ2v) is 4.04. The molecule has 100 valence electrons. The van der Waals surface area contributed by atoms with E-state index in [1.165, 1.54) is 24.4 Å². The third-order valence-electron chi connectivity index (χ3n) is 2.70. The van der Waals surface area contributed by atoms with Crippen LogP contribution in [0.5, 0.6) is 0 Å². The Morgan fingerprint density at radius 3 is 2.90 bits per heavy atom. The van der Waals surface area contributed by atoms with Gasteiger partial charge in [-0.3, -0.25) is 4.79 Å². The van der Waals surface area contributed by atoms with E-state index in [0.29, 0.717) is 11.4 Å². The number of hydrogen-bond acceptors (Lipinski definition) is 4. The SMILES string of the molecule is N#Cc1ccc(CNc2ncccc2C(N)=O)c(F)c1. The van der Waals surface area contributed by atoms with E-state index in [-0.39, 0.29) is 17.7 Å². The van der Waals surface area contributed by atoms with Crippen molar-refractivity contribution in [3.05, 3.63) is 59.0 Å². The molecule has 1 amide bonds. The van der Waals surface area contributed by atoms with E-state index in [1.54, 1.807) is 6.07 Å². The molecule has 0 atom stereocenters. The number of amides is 1. The van der Waals surface area contributed by atoms with Crippen LogP contribution in [-0.2, 0) is 6.54 Å². The third-order valence-corrected chi connectivity index (χ3v) is 2.70. The highest BCUT2D eigenvalue weighted by Gasteiger charge is 2.09. The maximum atomic E-state index is 13.7. The number of halogens is 1. The van der Waals surface area contributed by atoms with E-state index in [9.17, 15) is 9.18 Å². The fourth-order valence-electron chi connectivity index (χ4n) is 1.68. The molecule has 0 bridgehead atoms. The molecular weight excluding hydrogens is 259 g/mol. The molecular formula is C14H11FN4O. The second-order valence-electron chi connectivity index (χ2n) is 4.04. The quantitative estimate of drug-likeness (QED) is 0.886. The predicted octanol–water partition coefficient (Wildman–Crippen LogP) is 1.80. The van der Waals surface area contributed by atoms with Crippen molar-refractivity contribution in [2.75, 3.05) is 5.32 Å². The van der Waals surface area contributed by atoms with Gasteiger partial charge in [0.15, 0.2) is 0 Å². The number of rotatable bonds is 4. The van der Waals surface area contributed by atoms with E-state index in [1.807, 2.05) is 6.07 Å². The first-order chi connectivity index (χ1) is 9.61. The number of nitrogens with zero attached hydrogens (tertiary/aromatic N) is 2. The summed E-state index contributed by atoms with van der Waals surface area (Å²) in [4.78, 5) is 15.2. The van der Waals surface area contributed by atoms with E-state index in [0.717, 1.165) is 6.07 Å². The molecule has 0 unspecified atom stereocenters. The van der Waals surface area contributed by atoms with Crippen LogP contribution in [0.2, 0.25) is 0 Å². The van der Waals surface area contributed by atoms with Gasteiger partial charge in [-0.25, -0.2) is 9.37 Å². The lowest BCUT2D eigenvalue weighted by Gasteiger charge is -2.09. The molecule has 0 spiro atoms. The minimum Gasteiger partial charge on any atom is -0.365 e. The van der Waals surface area contributed by atoms with Gasteiger partial charge in [0.1, 0.15) is 11.6 Å². The molecule has 1 aromatic carbocycles. The zero-order valence-electron chi connectivity index (χ0n) is 10.4. The van der Waals surface area contributed by atoms with Crippen molar-refractivity contribution in [3.8, 4) is 6.07 Å². The number of nitriles is 1. The van der Waals surface area contributed by atoms with Gasteiger partial charge in [-0.2, -0.15) is 5.26 Å². The van der Waals surface area contributed by atoms with Gasteiger partial charge < -0.3 is 11.1 Å². The highest BCUT2D eigenvalue weighted by Crippen LogP contribution is 2.15. The summed E-state index contributed by atoms with van der Waals surface area (Å²) in [5.74, 6) is -0.808. The molecule has 0 aliphatic rings. The van der Waals surface area contributed by atoms with Crippen molar-refractivity contribution in [2.45, 2.75) is 6.54 Å². The lowest BCUT2D eigenvalue weighted by molar-refractivity contribution is 0.100. The van der Waals surface area contributed by atoms with Crippen LogP contribution < -0.4 is 11.1 Å². The maximum absolute atomic E-state index is 13.7. The minimum atomic E-state index is -0.610. The highest BCUT2D eigenvalue weighted by molar-refractivity contribution is 5.97. The van der Waals surface area contributed by atoms with Gasteiger partial charge in [0.25, 0.3) is 5.91 Å². The van der Waals surface area contributed by atoms with Gasteiger partial charge in [-0.1, -0.05) is 6.07 Å². The number of nitrogens with one attached hydrogen (secondary N) is 1. The lowest BCUT2D eigenvalue weighted by Crippen LogP contribution is -2.15. The number of aromatic nitrogens is 1. The van der Waals surface area contributed by atoms with Gasteiger partial charge in [0.2, 0.25) is 0 Å². The Morgan fingerprint density at radius 1 is 1.45 bits per heavy atom. The van der Waals surface area contributed by atoms with Crippen molar-refractivity contribution < 1.29 is 9.18 Å². The summed E-state index contributed by atoms with van der Waals surface area (Å²) in [5, 5.41) is 11.5. The number of benzene rings is 1. The summed E-state index contributed by atoms with van der Waals surface area (Å²) in [6, 6.07) is 9.17. The normalized spacial score (nSPS) is 9.80. The molecule has 20 heavy (non-hydrogen) atoms. The largest absolute Gasteiger partial charge is 0.365 e. The molecule has 0 saturated carbocycles. The Balaban J connectivity index is 2.18. The lowest BCUT2D eigenvalue weighted by atomic mass is 10.1. The van der Waals surface area contributed by atoms with Crippen LogP contribution in [0.1, 0.15) is 21.5 Å². The zero-order chi connectivity index (χ0) is 14.5. The Bertz CT molecular complexity index is 694. The number of carbonyl (C=O) groups is 1. The molecule has 6 heteroatoms. The zero-order valence-corrected chi connectivity index (χ0v) is 10.4. The number of primary amides is 1. The van der Waals surface area contributed by atoms with Crippen molar-refractivity contribution in [3.63, 3.8) is 0 Å². The average Bonchev–Trinajstić information content (AvgIpc) is 2.46. The molecule has 0 radical (unpaired) electrons. The molecule has 0 aliphatic carbocycles. The number of anilines is 1. The van der Waals surface area contributed by atoms with Gasteiger partial charge in [-0.15, -0.1) is 0 Å². The van der Waals surface area contributed by atoms with Crippen LogP contribution in [0, 0.1) is 17.1 Å². The van der Waals surface area contributed by atoms with Crippen molar-refractivity contribution in [1.29, 1.82) is 5.26 Å². The molecule has 1 heterocycles. The number of hydrogen-bond donors (Lipinski definition) is 2. The van der Waals surface area contributed by atoms with Crippen molar-refractivity contribution in [2.24, 2.45) is 5.73 Å². The minimum absolute atomic E-state index is 0.134. The monoisotopic (exact) mass is 270 g/mol. The summed E-state index contributed by atoms with van der Waals surface area (Å²) in [6.07, 6.45) is 1.50. The number of carbonyl (C=O) groups excluding carboxylic acids is 1. The molecule has 3 N–H and O–H groups in total. The van der Waals surface area contributed by atoms with Crippen LogP contribution in [0.25, 0.3) is 0 Å². The molecule has 0 aliphatic heterocycles. The van der Waals surface area contributed by atoms with Crippen LogP contribution in [-0.4, -0.2) is 10.9 Å². The first kappa shape index (κ1) is 13.5. The maximum Gasteiger partial charge on any atom is 0.252 e. The van der Waals surface area contributed by atoms with Crippen molar-refractivity contribution >= 4 is 11.7 Å². The Kier molecular flexibility index (Phi) is 3.91. The Morgan fingerprint density at radius 2 is 2.25 bits per heavy atom. The van der Waals surface area contributed by atoms with Crippen LogP contribution in [0.4, 0.5) is 10.2 Å². The van der Waals surface area contributed by atoms with E-state index in [4.69, 9.17) is 11.0 Å². The van der Waals surface area contributed by atoms with E-state index >= 15 is 0 Å². The van der Waals surface area contributed by atoms with E-state index in [2.05, 4.69) is 10.3 Å². The van der Waals surface area contributed by atoms with Crippen LogP contribution >= 0.6 is 0 Å². The number of pyridine rings is 1. The van der Waals surface area contributed by atoms with Gasteiger partial charge in [0, 0.05) is 18.3 Å². The molecule has 5 nitrogen and oxygen atoms in total. The summed E-state index contributed by atoms with van der Waals surface area (Å²) < 4.78 is 13.7. The summed E-state index contributed by atoms with van der Waals surface area (Å²) in [7, 11) is 0. The van der Waals surface area contributed by atoms with Gasteiger partial charge >= 0.3 is 0 Å². The number of nitrogens with two attached hydrogens (primary N) is 1. The molecule has 2 rings (SSSR count). The first-order valence-electron chi connectivity index (χ1n) is 5.79. The predicted molar refractivity (Wildman–Crippen MR) is 71.2 cm³/mol. The highest BCUT2D eigenvalue weighted by atomic mass is 19.1. The Hall–Kier alpha value is -2.94. The summed E-state index contributed by atoms with van der Waals surface area (Å²) >= 11 is 0. The summed E-state index contributed by atoms with van der Waals surface area (Å²) in [5.41, 5.74) is 6.08. The molecule has 0 fully saturated rings. The molecule has 2 aromatic rings. The smallest absolute Gasteiger partial charge is 0.252 e. The van der Waals surface area contributed by atoms with Crippen LogP contribution in [0.15, 0.2) is 36.5 Å².